The number of carbonyl (C=O) groups is 1. The molecule has 0 heterocycles. The number of rotatable bonds is 6. The van der Waals surface area contributed by atoms with Gasteiger partial charge < -0.3 is 10.2 Å². The monoisotopic (exact) mass is 452 g/mol. The number of carbonyl (C=O) groups excluding carboxylic acids is 1. The molecule has 0 aliphatic rings. The molecular weight excluding hydrogens is 416 g/mol. The topological polar surface area (TPSA) is 32.3 Å². The van der Waals surface area contributed by atoms with Gasteiger partial charge in [0.1, 0.15) is 0 Å². The number of nitrogens with one attached hydrogen (secondary N) is 1. The van der Waals surface area contributed by atoms with Crippen LogP contribution >= 0.6 is 11.6 Å². The van der Waals surface area contributed by atoms with Crippen LogP contribution in [0, 0.1) is 0 Å². The van der Waals surface area contributed by atoms with Crippen LogP contribution in [0.25, 0.3) is 16.8 Å². The minimum atomic E-state index is -0.321. The van der Waals surface area contributed by atoms with Crippen LogP contribution in [0.5, 0.6) is 0 Å². The van der Waals surface area contributed by atoms with E-state index in [1.165, 1.54) is 0 Å². The Morgan fingerprint density at radius 2 is 1.56 bits per heavy atom. The highest BCUT2D eigenvalue weighted by Crippen LogP contribution is 2.31. The molecule has 1 amide bonds. The molecule has 0 saturated heterocycles. The lowest BCUT2D eigenvalue weighted by atomic mass is 9.95. The van der Waals surface area contributed by atoms with Crippen LogP contribution in [-0.2, 0) is 0 Å². The van der Waals surface area contributed by atoms with Crippen LogP contribution < -0.4 is 5.32 Å². The van der Waals surface area contributed by atoms with E-state index >= 15 is 0 Å². The van der Waals surface area contributed by atoms with E-state index < -0.39 is 0 Å². The summed E-state index contributed by atoms with van der Waals surface area (Å²) in [4.78, 5) is 15.4. The molecule has 0 aromatic heterocycles. The Kier molecular flexibility index (Phi) is 8.36. The summed E-state index contributed by atoms with van der Waals surface area (Å²) in [7, 11) is 2.09. The van der Waals surface area contributed by atoms with E-state index in [9.17, 15) is 4.79 Å². The number of halogens is 1. The first-order valence-corrected chi connectivity index (χ1v) is 11.5. The summed E-state index contributed by atoms with van der Waals surface area (Å²) in [5.41, 5.74) is 4.27. The molecule has 0 bridgehead atoms. The molecule has 0 aliphatic carbocycles. The Morgan fingerprint density at radius 1 is 0.969 bits per heavy atom. The second kappa shape index (κ2) is 10.4. The minimum absolute atomic E-state index is 0.0866. The Bertz CT molecular complexity index is 990. The first-order valence-electron chi connectivity index (χ1n) is 11.2. The van der Waals surface area contributed by atoms with Crippen molar-refractivity contribution in [3.63, 3.8) is 0 Å². The molecule has 2 aromatic carbocycles. The van der Waals surface area contributed by atoms with Crippen molar-refractivity contribution in [2.75, 3.05) is 7.05 Å². The van der Waals surface area contributed by atoms with Gasteiger partial charge in [-0.2, -0.15) is 0 Å². The average molecular weight is 453 g/mol. The summed E-state index contributed by atoms with van der Waals surface area (Å²) >= 11 is 6.11. The fourth-order valence-corrected chi connectivity index (χ4v) is 3.31. The van der Waals surface area contributed by atoms with Gasteiger partial charge in [0, 0.05) is 34.4 Å². The van der Waals surface area contributed by atoms with Crippen molar-refractivity contribution in [1.29, 1.82) is 0 Å². The van der Waals surface area contributed by atoms with E-state index in [-0.39, 0.29) is 17.0 Å². The quantitative estimate of drug-likeness (QED) is 0.458. The van der Waals surface area contributed by atoms with E-state index in [1.807, 2.05) is 57.2 Å². The van der Waals surface area contributed by atoms with Gasteiger partial charge in [-0.05, 0) is 101 Å². The summed E-state index contributed by atoms with van der Waals surface area (Å²) in [6.45, 7) is 14.6. The SMILES string of the molecule is CC/C=C/C=C(/c1cc(C(=O)NC(C)(C)C)cc(-c2ccc(Cl)cc2)c1)N(C)C(C)(C)C. The second-order valence-electron chi connectivity index (χ2n) is 10.1. The second-order valence-corrected chi connectivity index (χ2v) is 10.6. The summed E-state index contributed by atoms with van der Waals surface area (Å²) in [6.07, 6.45) is 7.31. The fourth-order valence-electron chi connectivity index (χ4n) is 3.19. The highest BCUT2D eigenvalue weighted by atomic mass is 35.5. The third kappa shape index (κ3) is 7.27. The molecule has 32 heavy (non-hydrogen) atoms. The zero-order valence-electron chi connectivity index (χ0n) is 20.7. The van der Waals surface area contributed by atoms with E-state index in [0.717, 1.165) is 28.8 Å². The lowest BCUT2D eigenvalue weighted by Crippen LogP contribution is -2.40. The molecule has 0 aliphatic heterocycles. The molecule has 0 saturated carbocycles. The third-order valence-electron chi connectivity index (χ3n) is 5.15. The number of allylic oxidation sites excluding steroid dienone is 3. The molecule has 0 radical (unpaired) electrons. The molecule has 2 aromatic rings. The van der Waals surface area contributed by atoms with Gasteiger partial charge in [0.2, 0.25) is 0 Å². The minimum Gasteiger partial charge on any atom is -0.369 e. The largest absolute Gasteiger partial charge is 0.369 e. The van der Waals surface area contributed by atoms with Crippen LogP contribution in [0.1, 0.15) is 70.8 Å². The standard InChI is InChI=1S/C28H37ClN2O/c1-9-10-11-12-25(31(8)28(5,6)7)22-17-21(20-13-15-24(29)16-14-20)18-23(19-22)26(32)30-27(2,3)4/h10-19H,9H2,1-8H3,(H,30,32)/b11-10+,25-12-. The van der Waals surface area contributed by atoms with Crippen LogP contribution in [-0.4, -0.2) is 28.9 Å². The molecule has 0 unspecified atom stereocenters. The number of hydrogen-bond acceptors (Lipinski definition) is 2. The Hall–Kier alpha value is -2.52. The van der Waals surface area contributed by atoms with E-state index in [2.05, 4.69) is 69.3 Å². The van der Waals surface area contributed by atoms with Crippen molar-refractivity contribution in [3.05, 3.63) is 76.8 Å². The normalized spacial score (nSPS) is 12.8. The Morgan fingerprint density at radius 3 is 2.09 bits per heavy atom. The van der Waals surface area contributed by atoms with Crippen molar-refractivity contribution in [2.45, 2.75) is 66.0 Å². The first kappa shape index (κ1) is 25.7. The number of benzene rings is 2. The van der Waals surface area contributed by atoms with Gasteiger partial charge in [-0.1, -0.05) is 42.8 Å². The predicted molar refractivity (Wildman–Crippen MR) is 139 cm³/mol. The number of hydrogen-bond donors (Lipinski definition) is 1. The van der Waals surface area contributed by atoms with E-state index in [0.29, 0.717) is 10.6 Å². The van der Waals surface area contributed by atoms with Crippen molar-refractivity contribution in [1.82, 2.24) is 10.2 Å². The van der Waals surface area contributed by atoms with Crippen LogP contribution in [0.15, 0.2) is 60.7 Å². The van der Waals surface area contributed by atoms with Crippen molar-refractivity contribution in [2.24, 2.45) is 0 Å². The van der Waals surface area contributed by atoms with Crippen molar-refractivity contribution >= 4 is 23.2 Å². The highest BCUT2D eigenvalue weighted by Gasteiger charge is 2.23. The number of amides is 1. The Balaban J connectivity index is 2.71. The van der Waals surface area contributed by atoms with Crippen LogP contribution in [0.2, 0.25) is 5.02 Å². The molecule has 0 fully saturated rings. The highest BCUT2D eigenvalue weighted by molar-refractivity contribution is 6.30. The Labute approximate surface area is 199 Å². The molecule has 4 heteroatoms. The van der Waals surface area contributed by atoms with Crippen molar-refractivity contribution in [3.8, 4) is 11.1 Å². The predicted octanol–water partition coefficient (Wildman–Crippen LogP) is 7.57. The van der Waals surface area contributed by atoms with Gasteiger partial charge in [0.25, 0.3) is 5.91 Å². The van der Waals surface area contributed by atoms with Gasteiger partial charge in [0.05, 0.1) is 0 Å². The maximum Gasteiger partial charge on any atom is 0.251 e. The van der Waals surface area contributed by atoms with Gasteiger partial charge >= 0.3 is 0 Å². The summed E-state index contributed by atoms with van der Waals surface area (Å²) in [6, 6.07) is 13.8. The summed E-state index contributed by atoms with van der Waals surface area (Å²) < 4.78 is 0. The number of nitrogens with zero attached hydrogens (tertiary/aromatic N) is 1. The molecule has 3 nitrogen and oxygen atoms in total. The summed E-state index contributed by atoms with van der Waals surface area (Å²) in [5, 5.41) is 3.78. The zero-order chi connectivity index (χ0) is 24.1. The maximum atomic E-state index is 13.1. The van der Waals surface area contributed by atoms with Gasteiger partial charge in [-0.25, -0.2) is 0 Å². The molecule has 0 atom stereocenters. The maximum absolute atomic E-state index is 13.1. The van der Waals surface area contributed by atoms with E-state index in [1.54, 1.807) is 0 Å². The molecule has 172 valence electrons. The average Bonchev–Trinajstić information content (AvgIpc) is 2.69. The van der Waals surface area contributed by atoms with Gasteiger partial charge in [0.15, 0.2) is 0 Å². The molecule has 0 spiro atoms. The fraction of sp³-hybridized carbons (Fsp3) is 0.393. The first-order chi connectivity index (χ1) is 14.8. The van der Waals surface area contributed by atoms with Crippen LogP contribution in [0.4, 0.5) is 0 Å². The molecular formula is C28H37ClN2O. The van der Waals surface area contributed by atoms with Crippen molar-refractivity contribution < 1.29 is 4.79 Å². The third-order valence-corrected chi connectivity index (χ3v) is 5.40. The lowest BCUT2D eigenvalue weighted by molar-refractivity contribution is 0.0919. The van der Waals surface area contributed by atoms with Gasteiger partial charge in [-0.3, -0.25) is 4.79 Å². The lowest BCUT2D eigenvalue weighted by Gasteiger charge is -2.36. The molecule has 2 rings (SSSR count). The van der Waals surface area contributed by atoms with E-state index in [4.69, 9.17) is 11.6 Å². The van der Waals surface area contributed by atoms with Gasteiger partial charge in [-0.15, -0.1) is 0 Å². The smallest absolute Gasteiger partial charge is 0.251 e. The van der Waals surface area contributed by atoms with Crippen LogP contribution in [0.3, 0.4) is 0 Å². The summed E-state index contributed by atoms with van der Waals surface area (Å²) in [5.74, 6) is -0.0866. The zero-order valence-corrected chi connectivity index (χ0v) is 21.5. The molecule has 1 N–H and O–H groups in total.